The molecule has 0 fully saturated rings. The van der Waals surface area contributed by atoms with Gasteiger partial charge in [0.1, 0.15) is 0 Å². The Morgan fingerprint density at radius 3 is 2.93 bits per heavy atom. The van der Waals surface area contributed by atoms with E-state index in [0.29, 0.717) is 13.2 Å². The standard InChI is InChI=1S/C9H14N2O2S/c1-4-13-9(12)11(3)5-8-7(2)10-6-14-8/h6H,4-5H2,1-3H3. The van der Waals surface area contributed by atoms with Crippen LogP contribution in [0, 0.1) is 6.92 Å². The van der Waals surface area contributed by atoms with E-state index in [1.807, 2.05) is 6.92 Å². The van der Waals surface area contributed by atoms with Crippen LogP contribution in [0.1, 0.15) is 17.5 Å². The highest BCUT2D eigenvalue weighted by Gasteiger charge is 2.11. The van der Waals surface area contributed by atoms with Crippen molar-refractivity contribution in [2.45, 2.75) is 20.4 Å². The van der Waals surface area contributed by atoms with Crippen molar-refractivity contribution in [1.82, 2.24) is 9.88 Å². The number of carbonyl (C=O) groups is 1. The fraction of sp³-hybridized carbons (Fsp3) is 0.556. The lowest BCUT2D eigenvalue weighted by Gasteiger charge is -2.15. The first kappa shape index (κ1) is 11.0. The Kier molecular flexibility index (Phi) is 3.88. The molecule has 0 saturated heterocycles. The van der Waals surface area contributed by atoms with Gasteiger partial charge < -0.3 is 9.64 Å². The van der Waals surface area contributed by atoms with Crippen LogP contribution in [0.25, 0.3) is 0 Å². The zero-order valence-corrected chi connectivity index (χ0v) is 9.43. The Balaban J connectivity index is 2.52. The maximum atomic E-state index is 11.3. The molecule has 0 atom stereocenters. The lowest BCUT2D eigenvalue weighted by Crippen LogP contribution is -2.26. The van der Waals surface area contributed by atoms with Gasteiger partial charge in [0, 0.05) is 11.9 Å². The molecule has 0 aliphatic carbocycles. The third kappa shape index (κ3) is 2.70. The van der Waals surface area contributed by atoms with E-state index in [9.17, 15) is 4.79 Å². The zero-order chi connectivity index (χ0) is 10.6. The quantitative estimate of drug-likeness (QED) is 0.773. The van der Waals surface area contributed by atoms with Crippen LogP contribution in [0.5, 0.6) is 0 Å². The molecule has 4 nitrogen and oxygen atoms in total. The minimum absolute atomic E-state index is 0.291. The van der Waals surface area contributed by atoms with Crippen molar-refractivity contribution in [3.8, 4) is 0 Å². The smallest absolute Gasteiger partial charge is 0.409 e. The van der Waals surface area contributed by atoms with Gasteiger partial charge in [0.2, 0.25) is 0 Å². The van der Waals surface area contributed by atoms with Gasteiger partial charge in [-0.05, 0) is 13.8 Å². The molecule has 1 heterocycles. The molecule has 0 radical (unpaired) electrons. The average molecular weight is 214 g/mol. The highest BCUT2D eigenvalue weighted by molar-refractivity contribution is 7.09. The number of aryl methyl sites for hydroxylation is 1. The molecule has 1 amide bonds. The molecule has 1 aromatic rings. The Morgan fingerprint density at radius 1 is 1.71 bits per heavy atom. The number of hydrogen-bond acceptors (Lipinski definition) is 4. The van der Waals surface area contributed by atoms with Crippen LogP contribution in [-0.4, -0.2) is 29.6 Å². The van der Waals surface area contributed by atoms with Crippen molar-refractivity contribution in [2.24, 2.45) is 0 Å². The van der Waals surface area contributed by atoms with E-state index in [1.54, 1.807) is 35.7 Å². The number of ether oxygens (including phenoxy) is 1. The predicted octanol–water partition coefficient (Wildman–Crippen LogP) is 2.04. The third-order valence-electron chi connectivity index (χ3n) is 1.81. The van der Waals surface area contributed by atoms with Gasteiger partial charge in [-0.15, -0.1) is 11.3 Å². The summed E-state index contributed by atoms with van der Waals surface area (Å²) in [6.07, 6.45) is -0.291. The number of carbonyl (C=O) groups excluding carboxylic acids is 1. The van der Waals surface area contributed by atoms with E-state index >= 15 is 0 Å². The molecule has 1 aromatic heterocycles. The van der Waals surface area contributed by atoms with Gasteiger partial charge in [-0.1, -0.05) is 0 Å². The summed E-state index contributed by atoms with van der Waals surface area (Å²) < 4.78 is 4.86. The molecule has 1 rings (SSSR count). The molecule has 78 valence electrons. The third-order valence-corrected chi connectivity index (χ3v) is 2.72. The summed E-state index contributed by atoms with van der Waals surface area (Å²) in [5, 5.41) is 0. The largest absolute Gasteiger partial charge is 0.450 e. The molecule has 0 aliphatic heterocycles. The van der Waals surface area contributed by atoms with Crippen molar-refractivity contribution in [1.29, 1.82) is 0 Å². The predicted molar refractivity (Wildman–Crippen MR) is 55.3 cm³/mol. The van der Waals surface area contributed by atoms with Crippen molar-refractivity contribution < 1.29 is 9.53 Å². The Bertz CT molecular complexity index is 312. The van der Waals surface area contributed by atoms with E-state index in [-0.39, 0.29) is 6.09 Å². The summed E-state index contributed by atoms with van der Waals surface area (Å²) in [5.74, 6) is 0. The Labute approximate surface area is 87.5 Å². The number of rotatable bonds is 3. The average Bonchev–Trinajstić information content (AvgIpc) is 2.52. The second kappa shape index (κ2) is 4.95. The van der Waals surface area contributed by atoms with E-state index in [2.05, 4.69) is 4.98 Å². The van der Waals surface area contributed by atoms with Crippen LogP contribution in [0.2, 0.25) is 0 Å². The van der Waals surface area contributed by atoms with Crippen molar-refractivity contribution in [3.63, 3.8) is 0 Å². The van der Waals surface area contributed by atoms with Crippen LogP contribution < -0.4 is 0 Å². The Hall–Kier alpha value is -1.10. The number of hydrogen-bond donors (Lipinski definition) is 0. The zero-order valence-electron chi connectivity index (χ0n) is 8.61. The normalized spacial score (nSPS) is 9.93. The van der Waals surface area contributed by atoms with E-state index in [4.69, 9.17) is 4.74 Å². The van der Waals surface area contributed by atoms with Crippen LogP contribution in [0.3, 0.4) is 0 Å². The van der Waals surface area contributed by atoms with Gasteiger partial charge in [0.15, 0.2) is 0 Å². The summed E-state index contributed by atoms with van der Waals surface area (Å²) in [7, 11) is 1.72. The van der Waals surface area contributed by atoms with Crippen molar-refractivity contribution >= 4 is 17.4 Å². The molecule has 0 spiro atoms. The summed E-state index contributed by atoms with van der Waals surface area (Å²) in [6.45, 7) is 4.70. The van der Waals surface area contributed by atoms with Gasteiger partial charge in [-0.25, -0.2) is 9.78 Å². The molecule has 0 unspecified atom stereocenters. The molecule has 0 bridgehead atoms. The van der Waals surface area contributed by atoms with Gasteiger partial charge >= 0.3 is 6.09 Å². The van der Waals surface area contributed by atoms with E-state index < -0.39 is 0 Å². The van der Waals surface area contributed by atoms with E-state index in [0.717, 1.165) is 10.6 Å². The number of nitrogens with zero attached hydrogens (tertiary/aromatic N) is 2. The summed E-state index contributed by atoms with van der Waals surface area (Å²) >= 11 is 1.55. The number of thiazole rings is 1. The highest BCUT2D eigenvalue weighted by Crippen LogP contribution is 2.14. The topological polar surface area (TPSA) is 42.4 Å². The minimum atomic E-state index is -0.291. The molecule has 0 N–H and O–H groups in total. The van der Waals surface area contributed by atoms with Gasteiger partial charge in [-0.3, -0.25) is 0 Å². The van der Waals surface area contributed by atoms with E-state index in [1.165, 1.54) is 0 Å². The monoisotopic (exact) mass is 214 g/mol. The molecule has 5 heteroatoms. The number of aromatic nitrogens is 1. The fourth-order valence-electron chi connectivity index (χ4n) is 0.992. The molecule has 0 aromatic carbocycles. The van der Waals surface area contributed by atoms with Crippen molar-refractivity contribution in [3.05, 3.63) is 16.1 Å². The minimum Gasteiger partial charge on any atom is -0.450 e. The molecule has 0 aliphatic rings. The number of amides is 1. The van der Waals surface area contributed by atoms with Gasteiger partial charge in [-0.2, -0.15) is 0 Å². The van der Waals surface area contributed by atoms with Crippen molar-refractivity contribution in [2.75, 3.05) is 13.7 Å². The summed E-state index contributed by atoms with van der Waals surface area (Å²) in [5.41, 5.74) is 2.76. The first-order valence-electron chi connectivity index (χ1n) is 4.42. The molecule has 0 saturated carbocycles. The lowest BCUT2D eigenvalue weighted by molar-refractivity contribution is 0.114. The van der Waals surface area contributed by atoms with Crippen LogP contribution >= 0.6 is 11.3 Å². The van der Waals surface area contributed by atoms with Gasteiger partial charge in [0.05, 0.1) is 24.4 Å². The van der Waals surface area contributed by atoms with Gasteiger partial charge in [0.25, 0.3) is 0 Å². The fourth-order valence-corrected chi connectivity index (χ4v) is 1.82. The summed E-state index contributed by atoms with van der Waals surface area (Å²) in [4.78, 5) is 18.0. The molecular weight excluding hydrogens is 200 g/mol. The highest BCUT2D eigenvalue weighted by atomic mass is 32.1. The maximum Gasteiger partial charge on any atom is 0.409 e. The molecular formula is C9H14N2O2S. The SMILES string of the molecule is CCOC(=O)N(C)Cc1scnc1C. The van der Waals surface area contributed by atoms with Crippen LogP contribution in [0.15, 0.2) is 5.51 Å². The second-order valence-electron chi connectivity index (χ2n) is 2.92. The first-order valence-corrected chi connectivity index (χ1v) is 5.30. The van der Waals surface area contributed by atoms with Crippen LogP contribution in [-0.2, 0) is 11.3 Å². The maximum absolute atomic E-state index is 11.3. The second-order valence-corrected chi connectivity index (χ2v) is 3.86. The Morgan fingerprint density at radius 2 is 2.43 bits per heavy atom. The lowest BCUT2D eigenvalue weighted by atomic mass is 10.4. The summed E-state index contributed by atoms with van der Waals surface area (Å²) in [6, 6.07) is 0. The van der Waals surface area contributed by atoms with Crippen LogP contribution in [0.4, 0.5) is 4.79 Å². The first-order chi connectivity index (χ1) is 6.65. The molecule has 14 heavy (non-hydrogen) atoms.